The van der Waals surface area contributed by atoms with Gasteiger partial charge in [0.2, 0.25) is 0 Å². The summed E-state index contributed by atoms with van der Waals surface area (Å²) in [6, 6.07) is 13.4. The maximum Gasteiger partial charge on any atom is 0.500 e. The minimum atomic E-state index is -2.91. The Morgan fingerprint density at radius 3 is 1.56 bits per heavy atom. The van der Waals surface area contributed by atoms with Crippen molar-refractivity contribution in [1.29, 1.82) is 0 Å². The maximum atomic E-state index is 13.2. The lowest BCUT2D eigenvalue weighted by molar-refractivity contribution is 0.0707. The first-order valence-electron chi connectivity index (χ1n) is 14.7. The number of imide groups is 2. The molecule has 0 radical (unpaired) electrons. The van der Waals surface area contributed by atoms with Gasteiger partial charge in [-0.25, -0.2) is 0 Å². The second-order valence-electron chi connectivity index (χ2n) is 10.8. The summed E-state index contributed by atoms with van der Waals surface area (Å²) >= 11 is 0. The molecule has 7 rings (SSSR count). The number of amides is 4. The first kappa shape index (κ1) is 27.6. The minimum absolute atomic E-state index is 0.427. The molecule has 2 aliphatic rings. The van der Waals surface area contributed by atoms with Crippen molar-refractivity contribution in [2.45, 2.75) is 39.7 Å². The number of benzene rings is 5. The standard InChI is InChI=1S/C33H30N2O7Si/c1-4-40-43(41-5-2,42-6-3)15-7-8-17-16-24-28-23(32(38)35-33(24)39)13-10-19-18-9-12-21-27-22(31(37)34-30(21)36)14-11-20(26(18)27)25(17)29(19)28/h9-14,16H,4-8,15H2,1-3H3,(H,34,36,37)(H,35,38,39). The van der Waals surface area contributed by atoms with Crippen LogP contribution in [0.2, 0.25) is 6.04 Å². The zero-order valence-corrected chi connectivity index (χ0v) is 25.1. The predicted octanol–water partition coefficient (Wildman–Crippen LogP) is 5.49. The Morgan fingerprint density at radius 1 is 0.558 bits per heavy atom. The van der Waals surface area contributed by atoms with Gasteiger partial charge in [0.05, 0.1) is 0 Å². The number of fused-ring (bicyclic) bond motifs is 2. The van der Waals surface area contributed by atoms with Crippen LogP contribution < -0.4 is 10.6 Å². The highest BCUT2D eigenvalue weighted by molar-refractivity contribution is 6.60. The van der Waals surface area contributed by atoms with E-state index < -0.39 is 32.4 Å². The number of carbonyl (C=O) groups excluding carboxylic acids is 4. The Balaban J connectivity index is 1.52. The van der Waals surface area contributed by atoms with Gasteiger partial charge in [-0.3, -0.25) is 29.8 Å². The molecule has 0 bridgehead atoms. The minimum Gasteiger partial charge on any atom is -0.374 e. The highest BCUT2D eigenvalue weighted by Crippen LogP contribution is 2.46. The summed E-state index contributed by atoms with van der Waals surface area (Å²) < 4.78 is 18.3. The topological polar surface area (TPSA) is 120 Å². The molecule has 0 atom stereocenters. The first-order chi connectivity index (χ1) is 20.8. The van der Waals surface area contributed by atoms with Gasteiger partial charge in [0.25, 0.3) is 23.6 Å². The van der Waals surface area contributed by atoms with Crippen molar-refractivity contribution in [2.75, 3.05) is 19.8 Å². The molecule has 43 heavy (non-hydrogen) atoms. The molecule has 2 aliphatic heterocycles. The van der Waals surface area contributed by atoms with Crippen molar-refractivity contribution >= 4 is 75.5 Å². The van der Waals surface area contributed by atoms with Crippen molar-refractivity contribution < 1.29 is 32.5 Å². The smallest absolute Gasteiger partial charge is 0.374 e. The molecule has 218 valence electrons. The fourth-order valence-corrected chi connectivity index (χ4v) is 9.61. The van der Waals surface area contributed by atoms with E-state index in [0.29, 0.717) is 71.7 Å². The summed E-state index contributed by atoms with van der Waals surface area (Å²) in [7, 11) is -2.91. The molecule has 9 nitrogen and oxygen atoms in total. The fourth-order valence-electron chi connectivity index (χ4n) is 7.00. The van der Waals surface area contributed by atoms with Crippen LogP contribution in [0.3, 0.4) is 0 Å². The van der Waals surface area contributed by atoms with Crippen LogP contribution in [0.5, 0.6) is 0 Å². The van der Waals surface area contributed by atoms with Crippen LogP contribution in [0.25, 0.3) is 43.1 Å². The summed E-state index contributed by atoms with van der Waals surface area (Å²) in [4.78, 5) is 51.9. The molecule has 0 spiro atoms. The van der Waals surface area contributed by atoms with E-state index in [2.05, 4.69) is 10.6 Å². The monoisotopic (exact) mass is 594 g/mol. The molecule has 5 aromatic carbocycles. The van der Waals surface area contributed by atoms with Gasteiger partial charge in [0.1, 0.15) is 0 Å². The van der Waals surface area contributed by atoms with Crippen LogP contribution in [0.4, 0.5) is 0 Å². The van der Waals surface area contributed by atoms with Crippen LogP contribution in [-0.2, 0) is 19.7 Å². The van der Waals surface area contributed by atoms with Gasteiger partial charge in [0.15, 0.2) is 0 Å². The van der Waals surface area contributed by atoms with Gasteiger partial charge < -0.3 is 13.3 Å². The number of nitrogens with one attached hydrogen (secondary N) is 2. The summed E-state index contributed by atoms with van der Waals surface area (Å²) in [5.41, 5.74) is 2.72. The molecular weight excluding hydrogens is 564 g/mol. The van der Waals surface area contributed by atoms with Gasteiger partial charge in [-0.15, -0.1) is 0 Å². The zero-order chi connectivity index (χ0) is 30.0. The van der Waals surface area contributed by atoms with E-state index >= 15 is 0 Å². The van der Waals surface area contributed by atoms with Crippen molar-refractivity contribution in [3.05, 3.63) is 70.3 Å². The van der Waals surface area contributed by atoms with Crippen LogP contribution in [0, 0.1) is 0 Å². The molecule has 0 saturated heterocycles. The predicted molar refractivity (Wildman–Crippen MR) is 165 cm³/mol. The molecule has 5 aromatic rings. The average Bonchev–Trinajstić information content (AvgIpc) is 2.98. The Labute approximate surface area is 248 Å². The molecule has 0 aromatic heterocycles. The SMILES string of the molecule is CCO[Si](CCCc1cc2c3c(ccc4c5ccc6c7c(ccc(c1c34)c75)C(=O)NC6=O)C(=O)NC2=O)(OCC)OCC. The number of aryl methyl sites for hydroxylation is 1. The van der Waals surface area contributed by atoms with Crippen molar-refractivity contribution in [3.8, 4) is 0 Å². The lowest BCUT2D eigenvalue weighted by Crippen LogP contribution is -2.46. The number of hydrogen-bond donors (Lipinski definition) is 2. The molecule has 4 amide bonds. The number of rotatable bonds is 10. The largest absolute Gasteiger partial charge is 0.500 e. The Kier molecular flexibility index (Phi) is 6.55. The van der Waals surface area contributed by atoms with Gasteiger partial charge in [0, 0.05) is 58.9 Å². The van der Waals surface area contributed by atoms with Crippen LogP contribution in [0.15, 0.2) is 42.5 Å². The second-order valence-corrected chi connectivity index (χ2v) is 13.6. The normalized spacial score (nSPS) is 14.9. The Bertz CT molecular complexity index is 2000. The van der Waals surface area contributed by atoms with Crippen LogP contribution in [-0.4, -0.2) is 52.3 Å². The first-order valence-corrected chi connectivity index (χ1v) is 16.6. The van der Waals surface area contributed by atoms with E-state index in [0.717, 1.165) is 37.9 Å². The zero-order valence-electron chi connectivity index (χ0n) is 24.1. The quantitative estimate of drug-likeness (QED) is 0.0950. The van der Waals surface area contributed by atoms with Gasteiger partial charge >= 0.3 is 8.80 Å². The van der Waals surface area contributed by atoms with Crippen molar-refractivity contribution in [3.63, 3.8) is 0 Å². The lowest BCUT2D eigenvalue weighted by Gasteiger charge is -2.29. The van der Waals surface area contributed by atoms with Crippen molar-refractivity contribution in [1.82, 2.24) is 10.6 Å². The molecule has 0 fully saturated rings. The summed E-state index contributed by atoms with van der Waals surface area (Å²) in [6.45, 7) is 7.22. The Morgan fingerprint density at radius 2 is 1.02 bits per heavy atom. The van der Waals surface area contributed by atoms with E-state index in [9.17, 15) is 19.2 Å². The Hall–Kier alpha value is -4.22. The summed E-state index contributed by atoms with van der Waals surface area (Å²) in [5.74, 6) is -1.71. The molecule has 10 heteroatoms. The maximum absolute atomic E-state index is 13.2. The molecule has 0 aliphatic carbocycles. The van der Waals surface area contributed by atoms with E-state index in [4.69, 9.17) is 13.3 Å². The number of hydrogen-bond acceptors (Lipinski definition) is 7. The molecule has 2 N–H and O–H groups in total. The average molecular weight is 595 g/mol. The molecular formula is C33H30N2O7Si. The summed E-state index contributed by atoms with van der Waals surface area (Å²) in [6.07, 6.45) is 1.26. The van der Waals surface area contributed by atoms with Crippen LogP contribution in [0.1, 0.15) is 74.2 Å². The third-order valence-corrected chi connectivity index (χ3v) is 11.7. The van der Waals surface area contributed by atoms with Crippen LogP contribution >= 0.6 is 0 Å². The highest BCUT2D eigenvalue weighted by Gasteiger charge is 2.40. The lowest BCUT2D eigenvalue weighted by atomic mass is 9.80. The third kappa shape index (κ3) is 4.01. The van der Waals surface area contributed by atoms with E-state index in [1.165, 1.54) is 0 Å². The van der Waals surface area contributed by atoms with Gasteiger partial charge in [-0.05, 0) is 95.8 Å². The van der Waals surface area contributed by atoms with Crippen molar-refractivity contribution in [2.24, 2.45) is 0 Å². The third-order valence-electron chi connectivity index (χ3n) is 8.54. The van der Waals surface area contributed by atoms with E-state index in [1.54, 1.807) is 18.2 Å². The summed E-state index contributed by atoms with van der Waals surface area (Å²) in [5, 5.41) is 11.3. The second kappa shape index (κ2) is 10.2. The molecule has 2 heterocycles. The highest BCUT2D eigenvalue weighted by atomic mass is 28.4. The van der Waals surface area contributed by atoms with Gasteiger partial charge in [-0.1, -0.05) is 18.2 Å². The van der Waals surface area contributed by atoms with E-state index in [-0.39, 0.29) is 0 Å². The molecule has 0 unspecified atom stereocenters. The fraction of sp³-hybridized carbons (Fsp3) is 0.273. The number of carbonyl (C=O) groups is 4. The molecule has 0 saturated carbocycles. The van der Waals surface area contributed by atoms with Gasteiger partial charge in [-0.2, -0.15) is 0 Å². The van der Waals surface area contributed by atoms with E-state index in [1.807, 2.05) is 45.0 Å².